The van der Waals surface area contributed by atoms with Gasteiger partial charge in [-0.3, -0.25) is 19.3 Å². The molecule has 0 saturated heterocycles. The molecule has 2 rings (SSSR count). The minimum atomic E-state index is -1.14. The van der Waals surface area contributed by atoms with Crippen molar-refractivity contribution in [2.45, 2.75) is 52.6 Å². The van der Waals surface area contributed by atoms with Crippen molar-refractivity contribution < 1.29 is 23.9 Å². The van der Waals surface area contributed by atoms with Gasteiger partial charge in [-0.15, -0.1) is 0 Å². The van der Waals surface area contributed by atoms with E-state index in [1.165, 1.54) is 12.1 Å². The number of esters is 1. The van der Waals surface area contributed by atoms with Crippen molar-refractivity contribution in [1.82, 2.24) is 10.2 Å². The normalized spacial score (nSPS) is 16.1. The molecule has 1 aromatic carbocycles. The van der Waals surface area contributed by atoms with Gasteiger partial charge in [0.1, 0.15) is 11.6 Å². The number of carbonyl (C=O) groups is 4. The van der Waals surface area contributed by atoms with E-state index in [9.17, 15) is 24.4 Å². The molecule has 0 aromatic heterocycles. The first-order valence-corrected chi connectivity index (χ1v) is 9.87. The van der Waals surface area contributed by atoms with E-state index in [0.29, 0.717) is 0 Å². The lowest BCUT2D eigenvalue weighted by molar-refractivity contribution is -0.153. The summed E-state index contributed by atoms with van der Waals surface area (Å²) in [7, 11) is 0. The lowest BCUT2D eigenvalue weighted by Crippen LogP contribution is -2.51. The topological polar surface area (TPSA) is 117 Å². The van der Waals surface area contributed by atoms with Gasteiger partial charge in [-0.05, 0) is 37.3 Å². The molecular weight excluding hydrogens is 386 g/mol. The molecule has 1 aromatic rings. The highest BCUT2D eigenvalue weighted by Crippen LogP contribution is 2.27. The maximum atomic E-state index is 12.8. The summed E-state index contributed by atoms with van der Waals surface area (Å²) < 4.78 is 5.14. The van der Waals surface area contributed by atoms with E-state index in [2.05, 4.69) is 5.32 Å². The minimum Gasteiger partial charge on any atom is -0.454 e. The van der Waals surface area contributed by atoms with E-state index >= 15 is 0 Å². The number of imide groups is 1. The highest BCUT2D eigenvalue weighted by Gasteiger charge is 2.43. The third kappa shape index (κ3) is 4.67. The molecule has 8 nitrogen and oxygen atoms in total. The van der Waals surface area contributed by atoms with Crippen molar-refractivity contribution in [1.29, 1.82) is 5.26 Å². The van der Waals surface area contributed by atoms with Gasteiger partial charge in [0.15, 0.2) is 6.61 Å². The van der Waals surface area contributed by atoms with E-state index in [4.69, 9.17) is 4.74 Å². The summed E-state index contributed by atoms with van der Waals surface area (Å²) in [5, 5.41) is 11.9. The quantitative estimate of drug-likeness (QED) is 0.516. The van der Waals surface area contributed by atoms with Gasteiger partial charge in [-0.25, -0.2) is 4.79 Å². The zero-order valence-corrected chi connectivity index (χ0v) is 17.9. The Morgan fingerprint density at radius 1 is 1.13 bits per heavy atom. The van der Waals surface area contributed by atoms with Gasteiger partial charge in [-0.2, -0.15) is 5.26 Å². The molecule has 30 heavy (non-hydrogen) atoms. The second kappa shape index (κ2) is 9.08. The predicted octanol–water partition coefficient (Wildman–Crippen LogP) is 2.29. The summed E-state index contributed by atoms with van der Waals surface area (Å²) in [6.07, 6.45) is 0.202. The first kappa shape index (κ1) is 23.1. The Hall–Kier alpha value is -3.21. The van der Waals surface area contributed by atoms with Gasteiger partial charge < -0.3 is 10.1 Å². The summed E-state index contributed by atoms with van der Waals surface area (Å²) in [6.45, 7) is 8.25. The van der Waals surface area contributed by atoms with Crippen molar-refractivity contribution >= 4 is 23.7 Å². The lowest BCUT2D eigenvalue weighted by atomic mass is 9.90. The number of nitrogens with zero attached hydrogens (tertiary/aromatic N) is 2. The Bertz CT molecular complexity index is 867. The number of hydrogen-bond donors (Lipinski definition) is 1. The van der Waals surface area contributed by atoms with Crippen LogP contribution in [-0.4, -0.2) is 46.8 Å². The SMILES string of the molecule is CC(C)C[C@H](C(=O)OCC(=O)N[C@@](C)(C#N)C(C)C)N1C(=O)c2ccccc2C1=O. The standard InChI is InChI=1S/C22H27N3O5/c1-13(2)10-17(25-19(27)15-8-6-7-9-16(15)20(25)28)21(29)30-11-18(26)24-22(5,12-23)14(3)4/h6-9,13-14,17H,10-11H2,1-5H3,(H,24,26)/t17-,22+/m1/s1. The molecule has 1 N–H and O–H groups in total. The van der Waals surface area contributed by atoms with Crippen molar-refractivity contribution in [3.05, 3.63) is 35.4 Å². The number of amides is 3. The molecule has 1 aliphatic heterocycles. The molecule has 0 saturated carbocycles. The number of rotatable bonds is 8. The first-order valence-electron chi connectivity index (χ1n) is 9.87. The highest BCUT2D eigenvalue weighted by molar-refractivity contribution is 6.22. The van der Waals surface area contributed by atoms with E-state index in [0.717, 1.165) is 4.90 Å². The molecule has 8 heteroatoms. The average Bonchev–Trinajstić information content (AvgIpc) is 2.94. The Kier molecular flexibility index (Phi) is 6.98. The fraction of sp³-hybridized carbons (Fsp3) is 0.500. The van der Waals surface area contributed by atoms with Crippen LogP contribution >= 0.6 is 0 Å². The van der Waals surface area contributed by atoms with E-state index in [1.807, 2.05) is 19.9 Å². The Labute approximate surface area is 176 Å². The van der Waals surface area contributed by atoms with Crippen molar-refractivity contribution in [3.63, 3.8) is 0 Å². The lowest BCUT2D eigenvalue weighted by Gasteiger charge is -2.28. The number of nitrogens with one attached hydrogen (secondary N) is 1. The average molecular weight is 413 g/mol. The molecule has 2 atom stereocenters. The van der Waals surface area contributed by atoms with Crippen LogP contribution in [0.4, 0.5) is 0 Å². The first-order chi connectivity index (χ1) is 14.0. The third-order valence-corrected chi connectivity index (χ3v) is 5.24. The number of ether oxygens (including phenoxy) is 1. The van der Waals surface area contributed by atoms with E-state index < -0.39 is 41.9 Å². The summed E-state index contributed by atoms with van der Waals surface area (Å²) in [5.74, 6) is -2.75. The molecular formula is C22H27N3O5. The van der Waals surface area contributed by atoms with Gasteiger partial charge in [-0.1, -0.05) is 39.8 Å². The molecule has 160 valence electrons. The molecule has 0 bridgehead atoms. The van der Waals surface area contributed by atoms with E-state index in [1.54, 1.807) is 32.9 Å². The molecule has 0 fully saturated rings. The Morgan fingerprint density at radius 3 is 2.10 bits per heavy atom. The van der Waals surface area contributed by atoms with Gasteiger partial charge in [0, 0.05) is 0 Å². The van der Waals surface area contributed by atoms with Crippen molar-refractivity contribution in [2.24, 2.45) is 11.8 Å². The van der Waals surface area contributed by atoms with Crippen LogP contribution in [0.3, 0.4) is 0 Å². The summed E-state index contributed by atoms with van der Waals surface area (Å²) >= 11 is 0. The van der Waals surface area contributed by atoms with Crippen LogP contribution in [0.5, 0.6) is 0 Å². The van der Waals surface area contributed by atoms with E-state index in [-0.39, 0.29) is 29.4 Å². The fourth-order valence-corrected chi connectivity index (χ4v) is 3.10. The minimum absolute atomic E-state index is 0.0106. The van der Waals surface area contributed by atoms with Crippen LogP contribution in [0.15, 0.2) is 24.3 Å². The van der Waals surface area contributed by atoms with Gasteiger partial charge >= 0.3 is 5.97 Å². The van der Waals surface area contributed by atoms with Gasteiger partial charge in [0.25, 0.3) is 17.7 Å². The van der Waals surface area contributed by atoms with Crippen LogP contribution in [0.25, 0.3) is 0 Å². The molecule has 3 amide bonds. The summed E-state index contributed by atoms with van der Waals surface area (Å²) in [5.41, 5.74) is -0.629. The van der Waals surface area contributed by atoms with Crippen LogP contribution in [0.1, 0.15) is 61.8 Å². The van der Waals surface area contributed by atoms with Crippen LogP contribution in [0.2, 0.25) is 0 Å². The smallest absolute Gasteiger partial charge is 0.329 e. The predicted molar refractivity (Wildman–Crippen MR) is 108 cm³/mol. The molecule has 0 aliphatic carbocycles. The zero-order chi connectivity index (χ0) is 22.6. The fourth-order valence-electron chi connectivity index (χ4n) is 3.10. The van der Waals surface area contributed by atoms with Crippen LogP contribution in [0, 0.1) is 23.2 Å². The summed E-state index contributed by atoms with van der Waals surface area (Å²) in [4.78, 5) is 51.4. The third-order valence-electron chi connectivity index (χ3n) is 5.24. The molecule has 0 unspecified atom stereocenters. The Balaban J connectivity index is 2.14. The maximum Gasteiger partial charge on any atom is 0.329 e. The largest absolute Gasteiger partial charge is 0.454 e. The number of hydrogen-bond acceptors (Lipinski definition) is 6. The number of benzene rings is 1. The Morgan fingerprint density at radius 2 is 1.67 bits per heavy atom. The number of fused-ring (bicyclic) bond motifs is 1. The maximum absolute atomic E-state index is 12.8. The molecule has 1 aliphatic rings. The monoisotopic (exact) mass is 413 g/mol. The number of nitriles is 1. The molecule has 0 radical (unpaired) electrons. The van der Waals surface area contributed by atoms with Crippen LogP contribution < -0.4 is 5.32 Å². The second-order valence-electron chi connectivity index (χ2n) is 8.30. The second-order valence-corrected chi connectivity index (χ2v) is 8.30. The summed E-state index contributed by atoms with van der Waals surface area (Å²) in [6, 6.07) is 7.27. The highest BCUT2D eigenvalue weighted by atomic mass is 16.5. The molecule has 1 heterocycles. The van der Waals surface area contributed by atoms with Crippen LogP contribution in [-0.2, 0) is 14.3 Å². The van der Waals surface area contributed by atoms with Crippen molar-refractivity contribution in [2.75, 3.05) is 6.61 Å². The number of carbonyl (C=O) groups excluding carboxylic acids is 4. The van der Waals surface area contributed by atoms with Gasteiger partial charge in [0.05, 0.1) is 17.2 Å². The zero-order valence-electron chi connectivity index (χ0n) is 17.9. The van der Waals surface area contributed by atoms with Gasteiger partial charge in [0.2, 0.25) is 0 Å². The molecule has 0 spiro atoms. The van der Waals surface area contributed by atoms with Crippen molar-refractivity contribution in [3.8, 4) is 6.07 Å².